The second-order valence-electron chi connectivity index (χ2n) is 5.48. The first-order valence-corrected chi connectivity index (χ1v) is 7.63. The zero-order chi connectivity index (χ0) is 13.3. The van der Waals surface area contributed by atoms with E-state index < -0.39 is 0 Å². The van der Waals surface area contributed by atoms with Crippen molar-refractivity contribution in [2.24, 2.45) is 5.41 Å². The lowest BCUT2D eigenvalue weighted by molar-refractivity contribution is -0.189. The molecule has 0 aliphatic carbocycles. The third-order valence-corrected chi connectivity index (χ3v) is 4.38. The van der Waals surface area contributed by atoms with E-state index in [2.05, 4.69) is 27.5 Å². The van der Waals surface area contributed by atoms with Crippen molar-refractivity contribution in [2.75, 3.05) is 39.5 Å². The van der Waals surface area contributed by atoms with Gasteiger partial charge in [0.25, 0.3) is 0 Å². The van der Waals surface area contributed by atoms with Gasteiger partial charge in [-0.25, -0.2) is 4.39 Å². The summed E-state index contributed by atoms with van der Waals surface area (Å²) >= 11 is 2.09. The zero-order valence-corrected chi connectivity index (χ0v) is 12.9. The lowest BCUT2D eigenvalue weighted by atomic mass is 9.78. The fourth-order valence-corrected chi connectivity index (χ4v) is 3.15. The molecule has 3 nitrogen and oxygen atoms in total. The smallest absolute Gasteiger partial charge is 0.166 e. The van der Waals surface area contributed by atoms with E-state index in [1.54, 1.807) is 6.07 Å². The van der Waals surface area contributed by atoms with Gasteiger partial charge in [-0.1, -0.05) is 0 Å². The molecule has 1 aromatic carbocycles. The van der Waals surface area contributed by atoms with Crippen LogP contribution in [-0.4, -0.2) is 44.4 Å². The molecule has 0 atom stereocenters. The van der Waals surface area contributed by atoms with Gasteiger partial charge in [-0.3, -0.25) is 0 Å². The number of halogens is 2. The van der Waals surface area contributed by atoms with Crippen LogP contribution in [0.3, 0.4) is 0 Å². The summed E-state index contributed by atoms with van der Waals surface area (Å²) in [6.07, 6.45) is 0.933. The second-order valence-corrected chi connectivity index (χ2v) is 6.73. The van der Waals surface area contributed by atoms with Crippen molar-refractivity contribution in [1.29, 1.82) is 0 Å². The normalized spacial score (nSPS) is 20.9. The van der Waals surface area contributed by atoms with Gasteiger partial charge in [-0.15, -0.1) is 0 Å². The van der Waals surface area contributed by atoms with Crippen molar-refractivity contribution in [1.82, 2.24) is 4.90 Å². The minimum atomic E-state index is -0.276. The van der Waals surface area contributed by atoms with Crippen molar-refractivity contribution < 1.29 is 13.9 Å². The number of hydrogen-bond donors (Lipinski definition) is 0. The molecule has 2 aliphatic rings. The molecule has 0 bridgehead atoms. The standard InChI is InChI=1S/C14H17FINO2/c15-12-6-11(16)2-3-13(12)19-5-1-4-17-7-14(8-17)9-18-10-14/h2-3,6H,1,4-5,7-10H2. The summed E-state index contributed by atoms with van der Waals surface area (Å²) in [7, 11) is 0. The number of nitrogens with zero attached hydrogens (tertiary/aromatic N) is 1. The van der Waals surface area contributed by atoms with Gasteiger partial charge >= 0.3 is 0 Å². The highest BCUT2D eigenvalue weighted by Gasteiger charge is 2.48. The number of likely N-dealkylation sites (tertiary alicyclic amines) is 1. The second kappa shape index (κ2) is 5.54. The van der Waals surface area contributed by atoms with Gasteiger partial charge < -0.3 is 14.4 Å². The summed E-state index contributed by atoms with van der Waals surface area (Å²) in [6.45, 7) is 5.72. The molecule has 5 heteroatoms. The first-order chi connectivity index (χ1) is 9.17. The average Bonchev–Trinajstić information content (AvgIpc) is 2.26. The molecular formula is C14H17FINO2. The van der Waals surface area contributed by atoms with Crippen molar-refractivity contribution in [3.63, 3.8) is 0 Å². The van der Waals surface area contributed by atoms with Crippen LogP contribution in [0, 0.1) is 14.8 Å². The topological polar surface area (TPSA) is 21.7 Å². The van der Waals surface area contributed by atoms with Crippen LogP contribution >= 0.6 is 22.6 Å². The van der Waals surface area contributed by atoms with Gasteiger partial charge in [0.15, 0.2) is 11.6 Å². The van der Waals surface area contributed by atoms with Crippen LogP contribution in [0.15, 0.2) is 18.2 Å². The van der Waals surface area contributed by atoms with E-state index in [0.29, 0.717) is 17.8 Å². The van der Waals surface area contributed by atoms with Crippen LogP contribution in [0.2, 0.25) is 0 Å². The van der Waals surface area contributed by atoms with Gasteiger partial charge in [-0.2, -0.15) is 0 Å². The number of rotatable bonds is 5. The first-order valence-electron chi connectivity index (χ1n) is 6.55. The number of benzene rings is 1. The molecule has 2 aliphatic heterocycles. The fraction of sp³-hybridized carbons (Fsp3) is 0.571. The van der Waals surface area contributed by atoms with E-state index in [0.717, 1.165) is 42.8 Å². The van der Waals surface area contributed by atoms with E-state index in [9.17, 15) is 4.39 Å². The Morgan fingerprint density at radius 2 is 2.16 bits per heavy atom. The highest BCUT2D eigenvalue weighted by Crippen LogP contribution is 2.37. The van der Waals surface area contributed by atoms with Crippen molar-refractivity contribution in [3.05, 3.63) is 27.6 Å². The van der Waals surface area contributed by atoms with Crippen molar-refractivity contribution >= 4 is 22.6 Å². The van der Waals surface area contributed by atoms with Gasteiger partial charge in [0.1, 0.15) is 0 Å². The molecule has 2 heterocycles. The largest absolute Gasteiger partial charge is 0.490 e. The Labute approximate surface area is 126 Å². The molecular weight excluding hydrogens is 360 g/mol. The Kier molecular flexibility index (Phi) is 3.96. The molecule has 0 amide bonds. The molecule has 2 saturated heterocycles. The molecule has 0 N–H and O–H groups in total. The molecule has 0 saturated carbocycles. The van der Waals surface area contributed by atoms with Gasteiger partial charge in [0.2, 0.25) is 0 Å². The molecule has 19 heavy (non-hydrogen) atoms. The average molecular weight is 377 g/mol. The number of ether oxygens (including phenoxy) is 2. The summed E-state index contributed by atoms with van der Waals surface area (Å²) in [5, 5.41) is 0. The number of hydrogen-bond acceptors (Lipinski definition) is 3. The Bertz CT molecular complexity index is 457. The molecule has 2 fully saturated rings. The van der Waals surface area contributed by atoms with Gasteiger partial charge in [0.05, 0.1) is 19.8 Å². The summed E-state index contributed by atoms with van der Waals surface area (Å²) < 4.78 is 25.1. The van der Waals surface area contributed by atoms with Crippen LogP contribution in [0.1, 0.15) is 6.42 Å². The van der Waals surface area contributed by atoms with Crippen LogP contribution in [0.4, 0.5) is 4.39 Å². The minimum Gasteiger partial charge on any atom is -0.490 e. The van der Waals surface area contributed by atoms with E-state index in [-0.39, 0.29) is 5.82 Å². The maximum absolute atomic E-state index is 13.5. The molecule has 104 valence electrons. The summed E-state index contributed by atoms with van der Waals surface area (Å²) in [4.78, 5) is 2.41. The molecule has 0 radical (unpaired) electrons. The molecule has 1 spiro atoms. The lowest BCUT2D eigenvalue weighted by Gasteiger charge is -2.55. The van der Waals surface area contributed by atoms with E-state index in [1.807, 2.05) is 6.07 Å². The lowest BCUT2D eigenvalue weighted by Crippen LogP contribution is -2.65. The summed E-state index contributed by atoms with van der Waals surface area (Å²) in [5.74, 6) is 0.0781. The van der Waals surface area contributed by atoms with Gasteiger partial charge in [-0.05, 0) is 47.2 Å². The summed E-state index contributed by atoms with van der Waals surface area (Å²) in [5.41, 5.74) is 0.475. The fourth-order valence-electron chi connectivity index (χ4n) is 2.70. The Balaban J connectivity index is 1.35. The van der Waals surface area contributed by atoms with Gasteiger partial charge in [0, 0.05) is 28.6 Å². The third kappa shape index (κ3) is 3.03. The van der Waals surface area contributed by atoms with Crippen molar-refractivity contribution in [3.8, 4) is 5.75 Å². The quantitative estimate of drug-likeness (QED) is 0.582. The maximum atomic E-state index is 13.5. The highest BCUT2D eigenvalue weighted by atomic mass is 127. The van der Waals surface area contributed by atoms with Crippen LogP contribution in [0.25, 0.3) is 0 Å². The Morgan fingerprint density at radius 1 is 1.37 bits per heavy atom. The zero-order valence-electron chi connectivity index (χ0n) is 10.7. The molecule has 1 aromatic rings. The van der Waals surface area contributed by atoms with Crippen LogP contribution < -0.4 is 4.74 Å². The maximum Gasteiger partial charge on any atom is 0.166 e. The van der Waals surface area contributed by atoms with E-state index in [4.69, 9.17) is 9.47 Å². The predicted octanol–water partition coefficient (Wildman–Crippen LogP) is 2.53. The molecule has 3 rings (SSSR count). The Morgan fingerprint density at radius 3 is 2.79 bits per heavy atom. The Hall–Kier alpha value is -0.400. The van der Waals surface area contributed by atoms with E-state index in [1.165, 1.54) is 6.07 Å². The minimum absolute atomic E-state index is 0.276. The molecule has 0 unspecified atom stereocenters. The van der Waals surface area contributed by atoms with Crippen molar-refractivity contribution in [2.45, 2.75) is 6.42 Å². The SMILES string of the molecule is Fc1cc(I)ccc1OCCCN1CC2(COC2)C1. The van der Waals surface area contributed by atoms with Crippen LogP contribution in [-0.2, 0) is 4.74 Å². The summed E-state index contributed by atoms with van der Waals surface area (Å²) in [6, 6.07) is 5.04. The molecule has 0 aromatic heterocycles. The third-order valence-electron chi connectivity index (χ3n) is 3.70. The highest BCUT2D eigenvalue weighted by molar-refractivity contribution is 14.1. The first kappa shape index (κ1) is 13.6. The predicted molar refractivity (Wildman–Crippen MR) is 78.9 cm³/mol. The monoisotopic (exact) mass is 377 g/mol. The van der Waals surface area contributed by atoms with Crippen LogP contribution in [0.5, 0.6) is 5.75 Å². The van der Waals surface area contributed by atoms with E-state index >= 15 is 0 Å².